The van der Waals surface area contributed by atoms with E-state index in [2.05, 4.69) is 5.32 Å². The molecule has 26 heavy (non-hydrogen) atoms. The van der Waals surface area contributed by atoms with Crippen LogP contribution in [0.3, 0.4) is 0 Å². The van der Waals surface area contributed by atoms with Gasteiger partial charge in [-0.05, 0) is 55.6 Å². The summed E-state index contributed by atoms with van der Waals surface area (Å²) in [6.07, 6.45) is 4.55. The number of nitrogens with one attached hydrogen (secondary N) is 1. The van der Waals surface area contributed by atoms with Crippen LogP contribution in [-0.2, 0) is 14.2 Å². The summed E-state index contributed by atoms with van der Waals surface area (Å²) in [7, 11) is 1.60. The zero-order valence-corrected chi connectivity index (χ0v) is 16.1. The van der Waals surface area contributed by atoms with E-state index in [1.807, 2.05) is 38.1 Å². The molecular weight excluding hydrogens is 330 g/mol. The van der Waals surface area contributed by atoms with Gasteiger partial charge in [-0.25, -0.2) is 4.79 Å². The highest BCUT2D eigenvalue weighted by atomic mass is 16.7. The number of amides is 1. The number of alkyl carbamates (subject to hydrolysis) is 1. The highest BCUT2D eigenvalue weighted by molar-refractivity contribution is 5.68. The molecule has 1 aromatic rings. The van der Waals surface area contributed by atoms with Crippen LogP contribution in [0.15, 0.2) is 24.3 Å². The molecule has 0 aliphatic heterocycles. The predicted octanol–water partition coefficient (Wildman–Crippen LogP) is 4.35. The van der Waals surface area contributed by atoms with Crippen LogP contribution in [0.4, 0.5) is 4.79 Å². The fourth-order valence-electron chi connectivity index (χ4n) is 4.55. The first-order valence-electron chi connectivity index (χ1n) is 9.75. The van der Waals surface area contributed by atoms with Gasteiger partial charge in [0.15, 0.2) is 0 Å². The monoisotopic (exact) mass is 361 g/mol. The van der Waals surface area contributed by atoms with Gasteiger partial charge < -0.3 is 19.5 Å². The average Bonchev–Trinajstić information content (AvgIpc) is 3.25. The van der Waals surface area contributed by atoms with Gasteiger partial charge in [-0.1, -0.05) is 37.6 Å². The Morgan fingerprint density at radius 3 is 2.69 bits per heavy atom. The van der Waals surface area contributed by atoms with Gasteiger partial charge in [0.1, 0.15) is 19.0 Å². The van der Waals surface area contributed by atoms with Crippen LogP contribution in [0.25, 0.3) is 0 Å². The molecule has 5 nitrogen and oxygen atoms in total. The maximum atomic E-state index is 12.5. The number of carbonyl (C=O) groups excluding carboxylic acids is 1. The van der Waals surface area contributed by atoms with Crippen molar-refractivity contribution in [3.8, 4) is 0 Å². The molecule has 5 atom stereocenters. The Bertz CT molecular complexity index is 605. The number of benzene rings is 1. The first-order chi connectivity index (χ1) is 12.6. The summed E-state index contributed by atoms with van der Waals surface area (Å²) >= 11 is 0. The zero-order valence-electron chi connectivity index (χ0n) is 16.1. The SMILES string of the molecule is CCC(OC(=O)NC1CC2CCC1C2)C(OCOC)c1ccccc1C. The summed E-state index contributed by atoms with van der Waals surface area (Å²) in [5.74, 6) is 1.42. The molecule has 2 fully saturated rings. The number of fused-ring (bicyclic) bond motifs is 2. The van der Waals surface area contributed by atoms with Gasteiger partial charge in [0.05, 0.1) is 0 Å². The summed E-state index contributed by atoms with van der Waals surface area (Å²) in [6.45, 7) is 4.21. The van der Waals surface area contributed by atoms with Gasteiger partial charge in [-0.15, -0.1) is 0 Å². The third kappa shape index (κ3) is 4.38. The fourth-order valence-corrected chi connectivity index (χ4v) is 4.55. The highest BCUT2D eigenvalue weighted by Gasteiger charge is 2.40. The van der Waals surface area contributed by atoms with E-state index >= 15 is 0 Å². The average molecular weight is 361 g/mol. The van der Waals surface area contributed by atoms with Crippen molar-refractivity contribution in [1.29, 1.82) is 0 Å². The minimum atomic E-state index is -0.357. The second kappa shape index (κ2) is 8.87. The van der Waals surface area contributed by atoms with Gasteiger partial charge >= 0.3 is 6.09 Å². The number of methoxy groups -OCH3 is 1. The number of aryl methyl sites for hydroxylation is 1. The third-order valence-electron chi connectivity index (χ3n) is 5.90. The molecule has 0 spiro atoms. The molecule has 1 aromatic carbocycles. The Kier molecular flexibility index (Phi) is 6.54. The Labute approximate surface area is 156 Å². The van der Waals surface area contributed by atoms with Gasteiger partial charge in [-0.3, -0.25) is 0 Å². The number of ether oxygens (including phenoxy) is 3. The molecule has 0 heterocycles. The molecule has 2 aliphatic rings. The highest BCUT2D eigenvalue weighted by Crippen LogP contribution is 2.44. The molecule has 3 rings (SSSR count). The lowest BCUT2D eigenvalue weighted by Crippen LogP contribution is -2.41. The zero-order chi connectivity index (χ0) is 18.5. The second-order valence-corrected chi connectivity index (χ2v) is 7.63. The number of hydrogen-bond acceptors (Lipinski definition) is 4. The topological polar surface area (TPSA) is 56.8 Å². The molecular formula is C21H31NO4. The second-order valence-electron chi connectivity index (χ2n) is 7.63. The standard InChI is InChI=1S/C21H31NO4/c1-4-19(20(25-13-24-3)17-8-6-5-7-14(17)2)26-21(23)22-18-12-15-9-10-16(18)11-15/h5-8,15-16,18-20H,4,9-13H2,1-3H3,(H,22,23). The van der Waals surface area contributed by atoms with Crippen molar-refractivity contribution in [2.75, 3.05) is 13.9 Å². The van der Waals surface area contributed by atoms with E-state index in [-0.39, 0.29) is 31.1 Å². The third-order valence-corrected chi connectivity index (χ3v) is 5.90. The first-order valence-corrected chi connectivity index (χ1v) is 9.75. The van der Waals surface area contributed by atoms with E-state index in [0.29, 0.717) is 12.3 Å². The quantitative estimate of drug-likeness (QED) is 0.700. The molecule has 5 heteroatoms. The van der Waals surface area contributed by atoms with Crippen LogP contribution in [-0.4, -0.2) is 32.1 Å². The van der Waals surface area contributed by atoms with Crippen LogP contribution < -0.4 is 5.32 Å². The maximum Gasteiger partial charge on any atom is 0.407 e. The van der Waals surface area contributed by atoms with Crippen LogP contribution in [0.1, 0.15) is 56.3 Å². The molecule has 144 valence electrons. The Hall–Kier alpha value is -1.59. The fraction of sp³-hybridized carbons (Fsp3) is 0.667. The molecule has 0 radical (unpaired) electrons. The summed E-state index contributed by atoms with van der Waals surface area (Å²) in [5, 5.41) is 3.10. The summed E-state index contributed by atoms with van der Waals surface area (Å²) in [4.78, 5) is 12.5. The van der Waals surface area contributed by atoms with E-state index in [1.54, 1.807) is 7.11 Å². The van der Waals surface area contributed by atoms with Crippen molar-refractivity contribution in [1.82, 2.24) is 5.32 Å². The molecule has 5 unspecified atom stereocenters. The predicted molar refractivity (Wildman–Crippen MR) is 99.8 cm³/mol. The van der Waals surface area contributed by atoms with Gasteiger partial charge in [-0.2, -0.15) is 0 Å². The van der Waals surface area contributed by atoms with Crippen molar-refractivity contribution in [2.24, 2.45) is 11.8 Å². The molecule has 1 N–H and O–H groups in total. The minimum absolute atomic E-state index is 0.160. The van der Waals surface area contributed by atoms with Gasteiger partial charge in [0.25, 0.3) is 0 Å². The number of rotatable bonds is 8. The van der Waals surface area contributed by atoms with Crippen molar-refractivity contribution in [3.63, 3.8) is 0 Å². The first kappa shape index (κ1) is 19.2. The summed E-state index contributed by atoms with van der Waals surface area (Å²) in [6, 6.07) is 8.31. The maximum absolute atomic E-state index is 12.5. The van der Waals surface area contributed by atoms with Crippen LogP contribution >= 0.6 is 0 Å². The molecule has 0 aromatic heterocycles. The summed E-state index contributed by atoms with van der Waals surface area (Å²) in [5.41, 5.74) is 2.15. The van der Waals surface area contributed by atoms with Crippen molar-refractivity contribution < 1.29 is 19.0 Å². The largest absolute Gasteiger partial charge is 0.443 e. The minimum Gasteiger partial charge on any atom is -0.443 e. The van der Waals surface area contributed by atoms with Crippen LogP contribution in [0, 0.1) is 18.8 Å². The van der Waals surface area contributed by atoms with Gasteiger partial charge in [0.2, 0.25) is 0 Å². The lowest BCUT2D eigenvalue weighted by Gasteiger charge is -2.29. The molecule has 0 saturated heterocycles. The van der Waals surface area contributed by atoms with Crippen molar-refractivity contribution >= 4 is 6.09 Å². The Morgan fingerprint density at radius 2 is 2.08 bits per heavy atom. The van der Waals surface area contributed by atoms with E-state index < -0.39 is 0 Å². The molecule has 2 saturated carbocycles. The smallest absolute Gasteiger partial charge is 0.407 e. The number of hydrogen-bond donors (Lipinski definition) is 1. The van der Waals surface area contributed by atoms with Crippen LogP contribution in [0.2, 0.25) is 0 Å². The molecule has 2 bridgehead atoms. The van der Waals surface area contributed by atoms with Crippen molar-refractivity contribution in [2.45, 2.75) is 64.2 Å². The lowest BCUT2D eigenvalue weighted by atomic mass is 9.95. The molecule has 2 aliphatic carbocycles. The normalized spacial score (nSPS) is 26.5. The Morgan fingerprint density at radius 1 is 1.27 bits per heavy atom. The van der Waals surface area contributed by atoms with E-state index in [0.717, 1.165) is 23.5 Å². The number of carbonyl (C=O) groups is 1. The van der Waals surface area contributed by atoms with E-state index in [9.17, 15) is 4.79 Å². The Balaban J connectivity index is 1.65. The van der Waals surface area contributed by atoms with E-state index in [4.69, 9.17) is 14.2 Å². The van der Waals surface area contributed by atoms with Gasteiger partial charge in [0, 0.05) is 13.2 Å². The van der Waals surface area contributed by atoms with Crippen molar-refractivity contribution in [3.05, 3.63) is 35.4 Å². The summed E-state index contributed by atoms with van der Waals surface area (Å²) < 4.78 is 16.8. The molecule has 1 amide bonds. The van der Waals surface area contributed by atoms with Crippen LogP contribution in [0.5, 0.6) is 0 Å². The lowest BCUT2D eigenvalue weighted by molar-refractivity contribution is -0.117. The van der Waals surface area contributed by atoms with E-state index in [1.165, 1.54) is 19.3 Å².